The van der Waals surface area contributed by atoms with E-state index >= 15 is 0 Å². The largest absolute Gasteiger partial charge is 0.445 e. The van der Waals surface area contributed by atoms with Crippen LogP contribution in [0, 0.1) is 0 Å². The highest BCUT2D eigenvalue weighted by molar-refractivity contribution is 5.67. The van der Waals surface area contributed by atoms with Crippen molar-refractivity contribution in [2.24, 2.45) is 0 Å². The highest BCUT2D eigenvalue weighted by atomic mass is 16.5. The van der Waals surface area contributed by atoms with E-state index in [0.29, 0.717) is 19.8 Å². The molecule has 1 atom stereocenters. The van der Waals surface area contributed by atoms with Gasteiger partial charge in [-0.15, -0.1) is 0 Å². The van der Waals surface area contributed by atoms with Gasteiger partial charge in [0.1, 0.15) is 6.61 Å². The zero-order valence-corrected chi connectivity index (χ0v) is 14.1. The van der Waals surface area contributed by atoms with Crippen LogP contribution < -0.4 is 5.32 Å². The second-order valence-corrected chi connectivity index (χ2v) is 5.89. The van der Waals surface area contributed by atoms with Crippen molar-refractivity contribution in [1.29, 1.82) is 0 Å². The molecule has 0 saturated carbocycles. The maximum Gasteiger partial charge on any atom is 0.407 e. The van der Waals surface area contributed by atoms with Crippen LogP contribution in [0.25, 0.3) is 0 Å². The second-order valence-electron chi connectivity index (χ2n) is 5.89. The fourth-order valence-electron chi connectivity index (χ4n) is 2.87. The Morgan fingerprint density at radius 1 is 1.20 bits per heavy atom. The van der Waals surface area contributed by atoms with Gasteiger partial charge in [-0.3, -0.25) is 9.88 Å². The molecule has 1 fully saturated rings. The van der Waals surface area contributed by atoms with Gasteiger partial charge in [-0.25, -0.2) is 4.79 Å². The van der Waals surface area contributed by atoms with E-state index in [0.717, 1.165) is 24.2 Å². The van der Waals surface area contributed by atoms with Crippen LogP contribution >= 0.6 is 0 Å². The van der Waals surface area contributed by atoms with Crippen molar-refractivity contribution < 1.29 is 14.3 Å². The molecule has 0 radical (unpaired) electrons. The summed E-state index contributed by atoms with van der Waals surface area (Å²) in [7, 11) is 0. The molecule has 1 N–H and O–H groups in total. The summed E-state index contributed by atoms with van der Waals surface area (Å²) in [6.45, 7) is 3.81. The summed E-state index contributed by atoms with van der Waals surface area (Å²) in [6, 6.07) is 13.6. The maximum atomic E-state index is 12.0. The third kappa shape index (κ3) is 5.27. The summed E-state index contributed by atoms with van der Waals surface area (Å²) in [5.41, 5.74) is 2.04. The van der Waals surface area contributed by atoms with Crippen molar-refractivity contribution in [3.05, 3.63) is 66.0 Å². The van der Waals surface area contributed by atoms with Gasteiger partial charge in [0.05, 0.1) is 19.3 Å². The smallest absolute Gasteiger partial charge is 0.407 e. The van der Waals surface area contributed by atoms with Gasteiger partial charge in [0.2, 0.25) is 0 Å². The predicted octanol–water partition coefficient (Wildman–Crippen LogP) is 2.38. The Balaban J connectivity index is 1.55. The van der Waals surface area contributed by atoms with Crippen molar-refractivity contribution in [2.75, 3.05) is 32.8 Å². The van der Waals surface area contributed by atoms with Crippen molar-refractivity contribution >= 4 is 6.09 Å². The highest BCUT2D eigenvalue weighted by Gasteiger charge is 2.23. The molecular weight excluding hydrogens is 318 g/mol. The number of aromatic nitrogens is 1. The van der Waals surface area contributed by atoms with E-state index < -0.39 is 6.09 Å². The number of ether oxygens (including phenoxy) is 2. The highest BCUT2D eigenvalue weighted by Crippen LogP contribution is 2.20. The van der Waals surface area contributed by atoms with Crippen LogP contribution in [0.4, 0.5) is 4.79 Å². The van der Waals surface area contributed by atoms with Gasteiger partial charge in [-0.2, -0.15) is 0 Å². The Labute approximate surface area is 147 Å². The molecule has 1 saturated heterocycles. The van der Waals surface area contributed by atoms with E-state index in [1.54, 1.807) is 6.20 Å². The minimum Gasteiger partial charge on any atom is -0.445 e. The van der Waals surface area contributed by atoms with Gasteiger partial charge in [-0.05, 0) is 17.2 Å². The zero-order valence-electron chi connectivity index (χ0n) is 14.1. The lowest BCUT2D eigenvalue weighted by atomic mass is 10.1. The number of alkyl carbamates (subject to hydrolysis) is 1. The molecule has 0 aliphatic carbocycles. The molecular formula is C19H23N3O3. The van der Waals surface area contributed by atoms with E-state index in [1.807, 2.05) is 48.7 Å². The minimum absolute atomic E-state index is 0.0573. The van der Waals surface area contributed by atoms with Gasteiger partial charge in [-0.1, -0.05) is 36.4 Å². The number of carbonyl (C=O) groups excluding carboxylic acids is 1. The first-order chi connectivity index (χ1) is 12.3. The standard InChI is InChI=1S/C19H23N3O3/c23-19(25-15-16-5-2-1-3-6-16)21-14-18(17-7-4-8-20-13-17)22-9-11-24-12-10-22/h1-8,13,18H,9-12,14-15H2,(H,21,23). The summed E-state index contributed by atoms with van der Waals surface area (Å²) in [5.74, 6) is 0. The van der Waals surface area contributed by atoms with Gasteiger partial charge in [0.25, 0.3) is 0 Å². The van der Waals surface area contributed by atoms with Crippen LogP contribution in [-0.2, 0) is 16.1 Å². The van der Waals surface area contributed by atoms with Crippen LogP contribution in [0.5, 0.6) is 0 Å². The van der Waals surface area contributed by atoms with Crippen LogP contribution in [-0.4, -0.2) is 48.8 Å². The Morgan fingerprint density at radius 3 is 2.72 bits per heavy atom. The topological polar surface area (TPSA) is 63.7 Å². The monoisotopic (exact) mass is 341 g/mol. The molecule has 2 heterocycles. The summed E-state index contributed by atoms with van der Waals surface area (Å²) in [6.07, 6.45) is 3.18. The molecule has 1 amide bonds. The lowest BCUT2D eigenvalue weighted by Crippen LogP contribution is -2.43. The molecule has 1 aromatic heterocycles. The Hall–Kier alpha value is -2.44. The molecule has 3 rings (SSSR count). The molecule has 25 heavy (non-hydrogen) atoms. The van der Waals surface area contributed by atoms with Crippen molar-refractivity contribution in [3.63, 3.8) is 0 Å². The average Bonchev–Trinajstić information content (AvgIpc) is 2.69. The fraction of sp³-hybridized carbons (Fsp3) is 0.368. The van der Waals surface area contributed by atoms with E-state index in [-0.39, 0.29) is 12.6 Å². The lowest BCUT2D eigenvalue weighted by molar-refractivity contribution is 0.0159. The van der Waals surface area contributed by atoms with Gasteiger partial charge in [0.15, 0.2) is 0 Å². The maximum absolute atomic E-state index is 12.0. The first kappa shape index (κ1) is 17.4. The number of hydrogen-bond acceptors (Lipinski definition) is 5. The number of hydrogen-bond donors (Lipinski definition) is 1. The van der Waals surface area contributed by atoms with Gasteiger partial charge in [0, 0.05) is 32.0 Å². The molecule has 6 heteroatoms. The average molecular weight is 341 g/mol. The number of pyridine rings is 1. The summed E-state index contributed by atoms with van der Waals surface area (Å²) in [4.78, 5) is 18.5. The summed E-state index contributed by atoms with van der Waals surface area (Å²) >= 11 is 0. The quantitative estimate of drug-likeness (QED) is 0.874. The first-order valence-corrected chi connectivity index (χ1v) is 8.49. The SMILES string of the molecule is O=C(NCC(c1cccnc1)N1CCOCC1)OCc1ccccc1. The van der Waals surface area contributed by atoms with Gasteiger partial charge < -0.3 is 14.8 Å². The summed E-state index contributed by atoms with van der Waals surface area (Å²) in [5, 5.41) is 2.88. The first-order valence-electron chi connectivity index (χ1n) is 8.49. The molecule has 1 aliphatic heterocycles. The zero-order chi connectivity index (χ0) is 17.3. The minimum atomic E-state index is -0.411. The van der Waals surface area contributed by atoms with Gasteiger partial charge >= 0.3 is 6.09 Å². The normalized spacial score (nSPS) is 16.2. The molecule has 0 spiro atoms. The van der Waals surface area contributed by atoms with E-state index in [9.17, 15) is 4.79 Å². The number of nitrogens with one attached hydrogen (secondary N) is 1. The lowest BCUT2D eigenvalue weighted by Gasteiger charge is -2.34. The molecule has 6 nitrogen and oxygen atoms in total. The van der Waals surface area contributed by atoms with E-state index in [4.69, 9.17) is 9.47 Å². The Morgan fingerprint density at radius 2 is 2.00 bits per heavy atom. The fourth-order valence-corrected chi connectivity index (χ4v) is 2.87. The summed E-state index contributed by atoms with van der Waals surface area (Å²) < 4.78 is 10.7. The van der Waals surface area contributed by atoms with Crippen LogP contribution in [0.15, 0.2) is 54.9 Å². The van der Waals surface area contributed by atoms with Crippen molar-refractivity contribution in [1.82, 2.24) is 15.2 Å². The van der Waals surface area contributed by atoms with Crippen molar-refractivity contribution in [2.45, 2.75) is 12.6 Å². The number of nitrogens with zero attached hydrogens (tertiary/aromatic N) is 2. The van der Waals surface area contributed by atoms with E-state index in [1.165, 1.54) is 0 Å². The molecule has 0 bridgehead atoms. The number of benzene rings is 1. The third-order valence-electron chi connectivity index (χ3n) is 4.21. The molecule has 2 aromatic rings. The molecule has 1 aromatic carbocycles. The van der Waals surface area contributed by atoms with Crippen molar-refractivity contribution in [3.8, 4) is 0 Å². The van der Waals surface area contributed by atoms with Crippen LogP contribution in [0.3, 0.4) is 0 Å². The number of amides is 1. The Bertz CT molecular complexity index is 645. The number of rotatable bonds is 6. The molecule has 1 unspecified atom stereocenters. The molecule has 132 valence electrons. The second kappa shape index (κ2) is 9.15. The molecule has 1 aliphatic rings. The third-order valence-corrected chi connectivity index (χ3v) is 4.21. The predicted molar refractivity (Wildman–Crippen MR) is 94.0 cm³/mol. The number of carbonyl (C=O) groups is 1. The van der Waals surface area contributed by atoms with Crippen LogP contribution in [0.2, 0.25) is 0 Å². The number of morpholine rings is 1. The van der Waals surface area contributed by atoms with E-state index in [2.05, 4.69) is 15.2 Å². The Kier molecular flexibility index (Phi) is 6.36. The van der Waals surface area contributed by atoms with Crippen LogP contribution in [0.1, 0.15) is 17.2 Å².